The number of carbonyl (C=O) groups is 1. The predicted molar refractivity (Wildman–Crippen MR) is 140 cm³/mol. The molecule has 5 rings (SSSR count). The van der Waals surface area contributed by atoms with Gasteiger partial charge in [0.25, 0.3) is 5.91 Å². The molecule has 2 aromatic carbocycles. The number of aliphatic hydroxyl groups is 3. The molecule has 4 atom stereocenters. The van der Waals surface area contributed by atoms with Crippen molar-refractivity contribution in [2.45, 2.75) is 53.6 Å². The maximum Gasteiger partial charge on any atom is 0.255 e. The second-order valence-corrected chi connectivity index (χ2v) is 12.8. The smallest absolute Gasteiger partial charge is 0.255 e. The molecule has 212 valence electrons. The summed E-state index contributed by atoms with van der Waals surface area (Å²) in [7, 11) is -4.11. The minimum Gasteiger partial charge on any atom is -0.387 e. The monoisotopic (exact) mass is 593 g/mol. The van der Waals surface area contributed by atoms with Gasteiger partial charge in [0.2, 0.25) is 0 Å². The first kappa shape index (κ1) is 28.5. The first-order valence-electron chi connectivity index (χ1n) is 12.6. The Labute approximate surface area is 233 Å². The van der Waals surface area contributed by atoms with Crippen molar-refractivity contribution < 1.29 is 37.3 Å². The van der Waals surface area contributed by atoms with Gasteiger partial charge in [-0.3, -0.25) is 4.79 Å². The summed E-state index contributed by atoms with van der Waals surface area (Å²) in [5, 5.41) is 34.6. The number of hydrogen-bond acceptors (Lipinski definition) is 8. The zero-order chi connectivity index (χ0) is 28.8. The number of anilines is 1. The van der Waals surface area contributed by atoms with Crippen molar-refractivity contribution in [2.75, 3.05) is 5.32 Å². The van der Waals surface area contributed by atoms with E-state index in [4.69, 9.17) is 11.6 Å². The van der Waals surface area contributed by atoms with Crippen LogP contribution in [0.4, 0.5) is 14.5 Å². The van der Waals surface area contributed by atoms with Crippen LogP contribution in [-0.2, 0) is 9.84 Å². The number of fused-ring (bicyclic) bond motifs is 2. The third-order valence-corrected chi connectivity index (χ3v) is 10.7. The van der Waals surface area contributed by atoms with E-state index in [2.05, 4.69) is 15.3 Å². The number of nitrogens with one attached hydrogen (secondary N) is 1. The Morgan fingerprint density at radius 3 is 2.30 bits per heavy atom. The van der Waals surface area contributed by atoms with E-state index in [-0.39, 0.29) is 39.8 Å². The van der Waals surface area contributed by atoms with Crippen molar-refractivity contribution in [1.29, 1.82) is 0 Å². The highest BCUT2D eigenvalue weighted by Gasteiger charge is 2.60. The molecule has 0 saturated heterocycles. The number of carbonyl (C=O) groups excluding carboxylic acids is 1. The standard InChI is InChI=1S/C27H26ClF2N3O6S/c28-19-6-2-14(26(36)33-17-5-7-20(29)21(30)13-17)10-22(19)40(38,39)18-11-15-3-4-16(12-18)27(15,37)24(35)23(34)25-31-8-1-9-32-25/h1-2,5-10,13,15-16,18,23-24,34-35,37H,3-4,11-12H2,(H,33,36). The first-order chi connectivity index (χ1) is 18.9. The molecular weight excluding hydrogens is 568 g/mol. The number of aliphatic hydroxyl groups excluding tert-OH is 2. The molecule has 4 unspecified atom stereocenters. The fraction of sp³-hybridized carbons (Fsp3) is 0.370. The number of benzene rings is 2. The average molecular weight is 594 g/mol. The van der Waals surface area contributed by atoms with Crippen LogP contribution in [0.2, 0.25) is 5.02 Å². The van der Waals surface area contributed by atoms with E-state index in [0.717, 1.165) is 24.3 Å². The number of aromatic nitrogens is 2. The van der Waals surface area contributed by atoms with E-state index in [1.165, 1.54) is 24.5 Å². The number of amides is 1. The minimum absolute atomic E-state index is 0.00360. The molecular formula is C27H26ClF2N3O6S. The zero-order valence-electron chi connectivity index (χ0n) is 20.9. The number of rotatable bonds is 7. The highest BCUT2D eigenvalue weighted by Crippen LogP contribution is 2.55. The van der Waals surface area contributed by atoms with Gasteiger partial charge in [-0.1, -0.05) is 11.6 Å². The Bertz CT molecular complexity index is 1530. The minimum atomic E-state index is -4.11. The molecule has 0 aliphatic heterocycles. The van der Waals surface area contributed by atoms with Gasteiger partial charge < -0.3 is 20.6 Å². The van der Waals surface area contributed by atoms with Crippen LogP contribution in [0.3, 0.4) is 0 Å². The Morgan fingerprint density at radius 2 is 1.68 bits per heavy atom. The lowest BCUT2D eigenvalue weighted by Gasteiger charge is -2.46. The van der Waals surface area contributed by atoms with Gasteiger partial charge >= 0.3 is 0 Å². The van der Waals surface area contributed by atoms with Crippen molar-refractivity contribution >= 4 is 33.0 Å². The Kier molecular flexibility index (Phi) is 7.66. The quantitative estimate of drug-likeness (QED) is 0.325. The molecule has 2 aliphatic carbocycles. The molecule has 13 heteroatoms. The lowest BCUT2D eigenvalue weighted by Crippen LogP contribution is -2.57. The fourth-order valence-corrected chi connectivity index (χ4v) is 8.36. The molecule has 2 bridgehead atoms. The van der Waals surface area contributed by atoms with Crippen molar-refractivity contribution in [2.24, 2.45) is 11.8 Å². The predicted octanol–water partition coefficient (Wildman–Crippen LogP) is 3.45. The van der Waals surface area contributed by atoms with E-state index >= 15 is 0 Å². The summed E-state index contributed by atoms with van der Waals surface area (Å²) in [6, 6.07) is 8.06. The molecule has 0 radical (unpaired) electrons. The third kappa shape index (κ3) is 4.99. The van der Waals surface area contributed by atoms with Crippen LogP contribution in [0.25, 0.3) is 0 Å². The van der Waals surface area contributed by atoms with Gasteiger partial charge in [-0.2, -0.15) is 0 Å². The van der Waals surface area contributed by atoms with Gasteiger partial charge in [-0.15, -0.1) is 0 Å². The maximum atomic E-state index is 13.8. The highest BCUT2D eigenvalue weighted by atomic mass is 35.5. The van der Waals surface area contributed by atoms with Gasteiger partial charge in [-0.25, -0.2) is 27.2 Å². The van der Waals surface area contributed by atoms with E-state index in [9.17, 15) is 37.3 Å². The molecule has 40 heavy (non-hydrogen) atoms. The van der Waals surface area contributed by atoms with Crippen molar-refractivity contribution in [3.8, 4) is 0 Å². The van der Waals surface area contributed by atoms with Crippen LogP contribution in [0.5, 0.6) is 0 Å². The maximum absolute atomic E-state index is 13.8. The molecule has 1 amide bonds. The lowest BCUT2D eigenvalue weighted by molar-refractivity contribution is -0.178. The Balaban J connectivity index is 1.37. The Hall–Kier alpha value is -3.03. The average Bonchev–Trinajstić information content (AvgIpc) is 3.10. The molecule has 0 spiro atoms. The summed E-state index contributed by atoms with van der Waals surface area (Å²) in [5.74, 6) is -4.32. The van der Waals surface area contributed by atoms with E-state index in [0.29, 0.717) is 12.8 Å². The molecule has 3 aromatic rings. The zero-order valence-corrected chi connectivity index (χ0v) is 22.5. The summed E-state index contributed by atoms with van der Waals surface area (Å²) in [6.45, 7) is 0. The number of hydrogen-bond donors (Lipinski definition) is 4. The highest BCUT2D eigenvalue weighted by molar-refractivity contribution is 7.92. The number of halogens is 3. The van der Waals surface area contributed by atoms with Crippen LogP contribution in [-0.4, -0.2) is 56.6 Å². The molecule has 2 saturated carbocycles. The van der Waals surface area contributed by atoms with Crippen LogP contribution < -0.4 is 5.32 Å². The molecule has 1 heterocycles. The van der Waals surface area contributed by atoms with Crippen molar-refractivity contribution in [3.63, 3.8) is 0 Å². The second kappa shape index (κ2) is 10.7. The van der Waals surface area contributed by atoms with Crippen molar-refractivity contribution in [3.05, 3.63) is 82.9 Å². The van der Waals surface area contributed by atoms with E-state index < -0.39 is 62.3 Å². The van der Waals surface area contributed by atoms with E-state index in [1.54, 1.807) is 6.07 Å². The van der Waals surface area contributed by atoms with Crippen LogP contribution in [0.15, 0.2) is 59.8 Å². The fourth-order valence-electron chi connectivity index (χ4n) is 5.96. The van der Waals surface area contributed by atoms with Gasteiger partial charge in [0, 0.05) is 29.7 Å². The summed E-state index contributed by atoms with van der Waals surface area (Å²) in [4.78, 5) is 20.4. The van der Waals surface area contributed by atoms with Gasteiger partial charge in [0.1, 0.15) is 12.2 Å². The third-order valence-electron chi connectivity index (χ3n) is 8.01. The second-order valence-electron chi connectivity index (χ2n) is 10.2. The van der Waals surface area contributed by atoms with Gasteiger partial charge in [0.15, 0.2) is 27.3 Å². The largest absolute Gasteiger partial charge is 0.387 e. The lowest BCUT2D eigenvalue weighted by atomic mass is 9.69. The van der Waals surface area contributed by atoms with E-state index in [1.807, 2.05) is 0 Å². The van der Waals surface area contributed by atoms with Crippen LogP contribution >= 0.6 is 11.6 Å². The molecule has 2 aliphatic rings. The number of sulfone groups is 1. The first-order valence-corrected chi connectivity index (χ1v) is 14.5. The molecule has 9 nitrogen and oxygen atoms in total. The summed E-state index contributed by atoms with van der Waals surface area (Å²) < 4.78 is 54.3. The molecule has 2 fully saturated rings. The van der Waals surface area contributed by atoms with Crippen LogP contribution in [0, 0.1) is 23.5 Å². The topological polar surface area (TPSA) is 150 Å². The molecule has 4 N–H and O–H groups in total. The van der Waals surface area contributed by atoms with Crippen molar-refractivity contribution in [1.82, 2.24) is 9.97 Å². The van der Waals surface area contributed by atoms with Crippen LogP contribution in [0.1, 0.15) is 48.0 Å². The van der Waals surface area contributed by atoms with Gasteiger partial charge in [0.05, 0.1) is 20.8 Å². The SMILES string of the molecule is O=C(Nc1ccc(F)c(F)c1)c1ccc(Cl)c(S(=O)(=O)C2CC3CCC(C2)C3(O)C(O)C(O)c2ncccn2)c1. The number of nitrogens with zero attached hydrogens (tertiary/aromatic N) is 2. The van der Waals surface area contributed by atoms with Gasteiger partial charge in [-0.05, 0) is 73.9 Å². The normalized spacial score (nSPS) is 25.8. The summed E-state index contributed by atoms with van der Waals surface area (Å²) in [6.07, 6.45) is 0.470. The summed E-state index contributed by atoms with van der Waals surface area (Å²) >= 11 is 6.27. The molecule has 1 aromatic heterocycles. The Morgan fingerprint density at radius 1 is 1.02 bits per heavy atom. The summed E-state index contributed by atoms with van der Waals surface area (Å²) in [5.41, 5.74) is -1.84.